The molecule has 1 atom stereocenters. The second-order valence-electron chi connectivity index (χ2n) is 3.05. The number of aldehydes is 1. The highest BCUT2D eigenvalue weighted by Crippen LogP contribution is 2.31. The Bertz CT molecular complexity index is 167. The zero-order chi connectivity index (χ0) is 10.5. The van der Waals surface area contributed by atoms with Crippen LogP contribution in [0.1, 0.15) is 26.7 Å². The average Bonchev–Trinajstić information content (AvgIpc) is 1.82. The highest BCUT2D eigenvalue weighted by atomic mass is 19.4. The van der Waals surface area contributed by atoms with Gasteiger partial charge in [-0.2, -0.15) is 13.2 Å². The minimum atomic E-state index is -4.30. The van der Waals surface area contributed by atoms with Crippen LogP contribution in [-0.4, -0.2) is 24.7 Å². The summed E-state index contributed by atoms with van der Waals surface area (Å²) in [6.07, 6.45) is -5.18. The monoisotopic (exact) mass is 198 g/mol. The molecule has 0 bridgehead atoms. The molecule has 0 aliphatic carbocycles. The van der Waals surface area contributed by atoms with Crippen LogP contribution in [0.15, 0.2) is 0 Å². The van der Waals surface area contributed by atoms with Gasteiger partial charge in [-0.05, 0) is 13.8 Å². The van der Waals surface area contributed by atoms with Gasteiger partial charge in [0.2, 0.25) is 0 Å². The molecule has 0 amide bonds. The molecule has 0 aromatic heterocycles. The Labute approximate surface area is 75.1 Å². The second kappa shape index (κ2) is 4.60. The Hall–Kier alpha value is -0.580. The summed E-state index contributed by atoms with van der Waals surface area (Å²) in [4.78, 5) is 10.1. The summed E-state index contributed by atoms with van der Waals surface area (Å²) in [5, 5.41) is 0. The highest BCUT2D eigenvalue weighted by molar-refractivity contribution is 5.51. The van der Waals surface area contributed by atoms with E-state index in [4.69, 9.17) is 4.74 Å². The molecule has 0 heterocycles. The zero-order valence-corrected chi connectivity index (χ0v) is 7.65. The Balaban J connectivity index is 4.30. The fraction of sp³-hybridized carbons (Fsp3) is 0.875. The van der Waals surface area contributed by atoms with Crippen LogP contribution >= 0.6 is 0 Å². The highest BCUT2D eigenvalue weighted by Gasteiger charge is 2.39. The number of hydrogen-bond acceptors (Lipinski definition) is 2. The standard InChI is InChI=1S/C8H13F3O2/c1-3-13-7(2,4-5-12)6-8(9,10)11/h5H,3-4,6H2,1-2H3. The zero-order valence-electron chi connectivity index (χ0n) is 7.65. The summed E-state index contributed by atoms with van der Waals surface area (Å²) in [6.45, 7) is 3.05. The van der Waals surface area contributed by atoms with Crippen molar-refractivity contribution in [2.45, 2.75) is 38.5 Å². The smallest absolute Gasteiger partial charge is 0.375 e. The van der Waals surface area contributed by atoms with Crippen LogP contribution in [0.25, 0.3) is 0 Å². The van der Waals surface area contributed by atoms with Crippen molar-refractivity contribution in [3.8, 4) is 0 Å². The van der Waals surface area contributed by atoms with E-state index in [0.717, 1.165) is 0 Å². The molecule has 78 valence electrons. The maximum Gasteiger partial charge on any atom is 0.391 e. The molecule has 0 saturated carbocycles. The first-order valence-electron chi connectivity index (χ1n) is 3.97. The molecule has 0 rings (SSSR count). The van der Waals surface area contributed by atoms with Crippen molar-refractivity contribution in [1.29, 1.82) is 0 Å². The van der Waals surface area contributed by atoms with Gasteiger partial charge in [-0.3, -0.25) is 0 Å². The lowest BCUT2D eigenvalue weighted by atomic mass is 9.98. The minimum Gasteiger partial charge on any atom is -0.375 e. The molecule has 0 aliphatic heterocycles. The van der Waals surface area contributed by atoms with Gasteiger partial charge in [-0.25, -0.2) is 0 Å². The predicted octanol–water partition coefficient (Wildman–Crippen LogP) is 2.32. The number of halogens is 3. The number of carbonyl (C=O) groups is 1. The molecule has 0 spiro atoms. The lowest BCUT2D eigenvalue weighted by molar-refractivity contribution is -0.184. The van der Waals surface area contributed by atoms with Crippen molar-refractivity contribution in [2.24, 2.45) is 0 Å². The summed E-state index contributed by atoms with van der Waals surface area (Å²) >= 11 is 0. The fourth-order valence-corrected chi connectivity index (χ4v) is 1.13. The van der Waals surface area contributed by atoms with E-state index in [-0.39, 0.29) is 13.0 Å². The van der Waals surface area contributed by atoms with E-state index < -0.39 is 18.2 Å². The first-order valence-corrected chi connectivity index (χ1v) is 3.97. The van der Waals surface area contributed by atoms with Gasteiger partial charge in [0.15, 0.2) is 0 Å². The SMILES string of the molecule is CCOC(C)(CC=O)CC(F)(F)F. The van der Waals surface area contributed by atoms with Crippen LogP contribution in [0.2, 0.25) is 0 Å². The van der Waals surface area contributed by atoms with Gasteiger partial charge in [0, 0.05) is 13.0 Å². The quantitative estimate of drug-likeness (QED) is 0.634. The molecule has 0 aromatic carbocycles. The molecule has 2 nitrogen and oxygen atoms in total. The van der Waals surface area contributed by atoms with E-state index in [2.05, 4.69) is 0 Å². The van der Waals surface area contributed by atoms with Gasteiger partial charge in [0.05, 0.1) is 12.0 Å². The largest absolute Gasteiger partial charge is 0.391 e. The normalized spacial score (nSPS) is 16.7. The third-order valence-corrected chi connectivity index (χ3v) is 1.58. The number of carbonyl (C=O) groups excluding carboxylic acids is 1. The van der Waals surface area contributed by atoms with Gasteiger partial charge in [0.25, 0.3) is 0 Å². The summed E-state index contributed by atoms with van der Waals surface area (Å²) < 4.78 is 40.9. The average molecular weight is 198 g/mol. The first-order chi connectivity index (χ1) is 5.83. The molecule has 5 heteroatoms. The lowest BCUT2D eigenvalue weighted by Crippen LogP contribution is -2.35. The maximum absolute atomic E-state index is 12.0. The molecule has 0 aliphatic rings. The molecule has 13 heavy (non-hydrogen) atoms. The molecule has 0 radical (unpaired) electrons. The Kier molecular flexibility index (Phi) is 4.39. The number of hydrogen-bond donors (Lipinski definition) is 0. The van der Waals surface area contributed by atoms with Crippen LogP contribution in [-0.2, 0) is 9.53 Å². The van der Waals surface area contributed by atoms with Gasteiger partial charge in [0.1, 0.15) is 6.29 Å². The van der Waals surface area contributed by atoms with E-state index in [0.29, 0.717) is 6.29 Å². The van der Waals surface area contributed by atoms with Gasteiger partial charge < -0.3 is 9.53 Å². The van der Waals surface area contributed by atoms with Crippen molar-refractivity contribution in [3.05, 3.63) is 0 Å². The summed E-state index contributed by atoms with van der Waals surface area (Å²) in [7, 11) is 0. The van der Waals surface area contributed by atoms with Crippen LogP contribution < -0.4 is 0 Å². The first kappa shape index (κ1) is 12.4. The van der Waals surface area contributed by atoms with Crippen molar-refractivity contribution < 1.29 is 22.7 Å². The van der Waals surface area contributed by atoms with Crippen LogP contribution in [0.3, 0.4) is 0 Å². The molecule has 0 N–H and O–H groups in total. The fourth-order valence-electron chi connectivity index (χ4n) is 1.13. The molecular formula is C8H13F3O2. The summed E-state index contributed by atoms with van der Waals surface area (Å²) in [5.41, 5.74) is -1.41. The molecule has 1 unspecified atom stereocenters. The number of ether oxygens (including phenoxy) is 1. The van der Waals surface area contributed by atoms with E-state index in [1.807, 2.05) is 0 Å². The van der Waals surface area contributed by atoms with Crippen molar-refractivity contribution >= 4 is 6.29 Å². The van der Waals surface area contributed by atoms with E-state index >= 15 is 0 Å². The topological polar surface area (TPSA) is 26.3 Å². The summed E-state index contributed by atoms with van der Waals surface area (Å²) in [5.74, 6) is 0. The Morgan fingerprint density at radius 3 is 2.23 bits per heavy atom. The van der Waals surface area contributed by atoms with E-state index in [9.17, 15) is 18.0 Å². The van der Waals surface area contributed by atoms with E-state index in [1.165, 1.54) is 6.92 Å². The van der Waals surface area contributed by atoms with Crippen LogP contribution in [0.4, 0.5) is 13.2 Å². The maximum atomic E-state index is 12.0. The molecule has 0 saturated heterocycles. The predicted molar refractivity (Wildman–Crippen MR) is 41.4 cm³/mol. The molecule has 0 fully saturated rings. The lowest BCUT2D eigenvalue weighted by Gasteiger charge is -2.28. The van der Waals surface area contributed by atoms with Crippen molar-refractivity contribution in [2.75, 3.05) is 6.61 Å². The van der Waals surface area contributed by atoms with E-state index in [1.54, 1.807) is 6.92 Å². The van der Waals surface area contributed by atoms with Crippen LogP contribution in [0.5, 0.6) is 0 Å². The summed E-state index contributed by atoms with van der Waals surface area (Å²) in [6, 6.07) is 0. The van der Waals surface area contributed by atoms with Gasteiger partial charge >= 0.3 is 6.18 Å². The van der Waals surface area contributed by atoms with Crippen molar-refractivity contribution in [1.82, 2.24) is 0 Å². The van der Waals surface area contributed by atoms with Gasteiger partial charge in [-0.15, -0.1) is 0 Å². The Morgan fingerprint density at radius 1 is 1.38 bits per heavy atom. The number of rotatable bonds is 5. The Morgan fingerprint density at radius 2 is 1.92 bits per heavy atom. The van der Waals surface area contributed by atoms with Crippen molar-refractivity contribution in [3.63, 3.8) is 0 Å². The third kappa shape index (κ3) is 5.63. The molecule has 0 aromatic rings. The number of alkyl halides is 3. The molecular weight excluding hydrogens is 185 g/mol. The van der Waals surface area contributed by atoms with Crippen LogP contribution in [0, 0.1) is 0 Å². The van der Waals surface area contributed by atoms with Gasteiger partial charge in [-0.1, -0.05) is 0 Å². The minimum absolute atomic E-state index is 0.167. The third-order valence-electron chi connectivity index (χ3n) is 1.58. The second-order valence-corrected chi connectivity index (χ2v) is 3.05.